The second kappa shape index (κ2) is 7.65. The molecule has 2 aliphatic carbocycles. The molecule has 2 bridgehead atoms. The van der Waals surface area contributed by atoms with Crippen LogP contribution in [-0.2, 0) is 4.79 Å². The molecule has 27 heavy (non-hydrogen) atoms. The summed E-state index contributed by atoms with van der Waals surface area (Å²) in [7, 11) is 0. The average Bonchev–Trinajstić information content (AvgIpc) is 3.26. The highest BCUT2D eigenvalue weighted by atomic mass is 16.2. The van der Waals surface area contributed by atoms with E-state index >= 15 is 0 Å². The summed E-state index contributed by atoms with van der Waals surface area (Å²) in [5.74, 6) is 2.46. The molecular formula is C23H32N2O2. The Hall–Kier alpha value is -1.84. The lowest BCUT2D eigenvalue weighted by Crippen LogP contribution is -2.42. The molecule has 3 aliphatic rings. The van der Waals surface area contributed by atoms with Crippen molar-refractivity contribution in [1.82, 2.24) is 4.90 Å². The van der Waals surface area contributed by atoms with Gasteiger partial charge < -0.3 is 10.2 Å². The van der Waals surface area contributed by atoms with Crippen LogP contribution in [0, 0.1) is 24.7 Å². The summed E-state index contributed by atoms with van der Waals surface area (Å²) in [6, 6.07) is 6.00. The van der Waals surface area contributed by atoms with Gasteiger partial charge in [0.05, 0.1) is 0 Å². The summed E-state index contributed by atoms with van der Waals surface area (Å²) in [6.07, 6.45) is 9.28. The van der Waals surface area contributed by atoms with E-state index in [0.717, 1.165) is 48.0 Å². The van der Waals surface area contributed by atoms with Crippen LogP contribution in [0.25, 0.3) is 0 Å². The Morgan fingerprint density at radius 3 is 2.67 bits per heavy atom. The Bertz CT molecular complexity index is 729. The van der Waals surface area contributed by atoms with Gasteiger partial charge in [-0.2, -0.15) is 0 Å². The number of likely N-dealkylation sites (tertiary alicyclic amines) is 1. The predicted molar refractivity (Wildman–Crippen MR) is 108 cm³/mol. The maximum atomic E-state index is 12.8. The Morgan fingerprint density at radius 2 is 2.00 bits per heavy atom. The fourth-order valence-electron chi connectivity index (χ4n) is 5.57. The number of fused-ring (bicyclic) bond motifs is 2. The van der Waals surface area contributed by atoms with E-state index in [1.54, 1.807) is 0 Å². The first-order valence-electron chi connectivity index (χ1n) is 10.7. The summed E-state index contributed by atoms with van der Waals surface area (Å²) in [5, 5.41) is 3.09. The molecular weight excluding hydrogens is 336 g/mol. The van der Waals surface area contributed by atoms with Gasteiger partial charge in [0.15, 0.2) is 0 Å². The second-order valence-corrected chi connectivity index (χ2v) is 9.06. The van der Waals surface area contributed by atoms with Crippen LogP contribution in [0.3, 0.4) is 0 Å². The van der Waals surface area contributed by atoms with E-state index in [1.807, 2.05) is 30.0 Å². The summed E-state index contributed by atoms with van der Waals surface area (Å²) in [5.41, 5.74) is 2.53. The maximum absolute atomic E-state index is 12.8. The number of carbonyl (C=O) groups is 2. The first-order valence-corrected chi connectivity index (χ1v) is 10.7. The number of nitrogens with zero attached hydrogens (tertiary/aromatic N) is 1. The van der Waals surface area contributed by atoms with Gasteiger partial charge in [0.25, 0.3) is 5.91 Å². The normalized spacial score (nSPS) is 29.8. The number of amides is 2. The molecule has 0 aromatic heterocycles. The molecule has 1 aromatic rings. The molecule has 1 N–H and O–H groups in total. The Kier molecular flexibility index (Phi) is 5.25. The highest BCUT2D eigenvalue weighted by Crippen LogP contribution is 2.49. The van der Waals surface area contributed by atoms with Crippen molar-refractivity contribution in [2.45, 2.75) is 71.3 Å². The molecule has 4 heteroatoms. The minimum Gasteiger partial charge on any atom is -0.336 e. The largest absolute Gasteiger partial charge is 0.336 e. The number of benzene rings is 1. The maximum Gasteiger partial charge on any atom is 0.254 e. The monoisotopic (exact) mass is 368 g/mol. The summed E-state index contributed by atoms with van der Waals surface area (Å²) in [4.78, 5) is 27.3. The van der Waals surface area contributed by atoms with Crippen LogP contribution >= 0.6 is 0 Å². The first-order chi connectivity index (χ1) is 13.0. The van der Waals surface area contributed by atoms with Crippen molar-refractivity contribution >= 4 is 17.5 Å². The number of rotatable bonds is 4. The molecule has 0 spiro atoms. The van der Waals surface area contributed by atoms with Gasteiger partial charge in [-0.1, -0.05) is 6.42 Å². The van der Waals surface area contributed by atoms with Gasteiger partial charge in [0.2, 0.25) is 5.91 Å². The zero-order chi connectivity index (χ0) is 19.0. The number of piperidine rings is 1. The SMILES string of the molecule is Cc1cc(C(=O)N2CCCCC2C)ccc1NC(=O)CC1CC2CCC1C2. The van der Waals surface area contributed by atoms with E-state index < -0.39 is 0 Å². The lowest BCUT2D eigenvalue weighted by Gasteiger charge is -2.33. The molecule has 1 aliphatic heterocycles. The standard InChI is InChI=1S/C23H32N2O2/c1-15-11-19(23(27)25-10-4-3-5-16(25)2)8-9-21(15)24-22(26)14-20-13-17-6-7-18(20)12-17/h8-9,11,16-18,20H,3-7,10,12-14H2,1-2H3,(H,24,26). The third-order valence-electron chi connectivity index (χ3n) is 7.14. The first kappa shape index (κ1) is 18.5. The number of anilines is 1. The zero-order valence-electron chi connectivity index (χ0n) is 16.7. The molecule has 1 aromatic carbocycles. The molecule has 146 valence electrons. The van der Waals surface area contributed by atoms with Crippen molar-refractivity contribution in [3.8, 4) is 0 Å². The molecule has 2 saturated carbocycles. The smallest absolute Gasteiger partial charge is 0.254 e. The van der Waals surface area contributed by atoms with Crippen molar-refractivity contribution in [3.05, 3.63) is 29.3 Å². The lowest BCUT2D eigenvalue weighted by molar-refractivity contribution is -0.117. The van der Waals surface area contributed by atoms with Crippen LogP contribution in [0.5, 0.6) is 0 Å². The highest BCUT2D eigenvalue weighted by Gasteiger charge is 2.40. The molecule has 3 fully saturated rings. The van der Waals surface area contributed by atoms with Gasteiger partial charge in [-0.25, -0.2) is 0 Å². The number of nitrogens with one attached hydrogen (secondary N) is 1. The van der Waals surface area contributed by atoms with E-state index in [2.05, 4.69) is 12.2 Å². The van der Waals surface area contributed by atoms with Crippen molar-refractivity contribution < 1.29 is 9.59 Å². The summed E-state index contributed by atoms with van der Waals surface area (Å²) < 4.78 is 0. The summed E-state index contributed by atoms with van der Waals surface area (Å²) in [6.45, 7) is 4.96. The third kappa shape index (κ3) is 3.90. The van der Waals surface area contributed by atoms with Crippen molar-refractivity contribution in [2.75, 3.05) is 11.9 Å². The molecule has 4 nitrogen and oxygen atoms in total. The van der Waals surface area contributed by atoms with Crippen LogP contribution < -0.4 is 5.32 Å². The van der Waals surface area contributed by atoms with E-state index in [9.17, 15) is 9.59 Å². The van der Waals surface area contributed by atoms with Gasteiger partial charge in [0, 0.05) is 30.3 Å². The third-order valence-corrected chi connectivity index (χ3v) is 7.14. The molecule has 1 heterocycles. The van der Waals surface area contributed by atoms with Crippen LogP contribution in [0.1, 0.15) is 74.2 Å². The topological polar surface area (TPSA) is 49.4 Å². The zero-order valence-corrected chi connectivity index (χ0v) is 16.7. The fraction of sp³-hybridized carbons (Fsp3) is 0.652. The number of carbonyl (C=O) groups excluding carboxylic acids is 2. The van der Waals surface area contributed by atoms with Crippen LogP contribution in [0.4, 0.5) is 5.69 Å². The predicted octanol–water partition coefficient (Wildman–Crippen LogP) is 4.77. The molecule has 2 amide bonds. The molecule has 4 unspecified atom stereocenters. The average molecular weight is 369 g/mol. The number of hydrogen-bond acceptors (Lipinski definition) is 2. The van der Waals surface area contributed by atoms with Crippen molar-refractivity contribution in [2.24, 2.45) is 17.8 Å². The molecule has 4 atom stereocenters. The van der Waals surface area contributed by atoms with Crippen LogP contribution in [0.15, 0.2) is 18.2 Å². The Balaban J connectivity index is 1.38. The van der Waals surface area contributed by atoms with E-state index in [1.165, 1.54) is 32.1 Å². The Morgan fingerprint density at radius 1 is 1.15 bits per heavy atom. The van der Waals surface area contributed by atoms with Crippen LogP contribution in [0.2, 0.25) is 0 Å². The van der Waals surface area contributed by atoms with E-state index in [4.69, 9.17) is 0 Å². The quantitative estimate of drug-likeness (QED) is 0.832. The minimum absolute atomic E-state index is 0.116. The minimum atomic E-state index is 0.116. The van der Waals surface area contributed by atoms with Gasteiger partial charge in [-0.15, -0.1) is 0 Å². The second-order valence-electron chi connectivity index (χ2n) is 9.06. The lowest BCUT2D eigenvalue weighted by atomic mass is 9.86. The van der Waals surface area contributed by atoms with Crippen molar-refractivity contribution in [3.63, 3.8) is 0 Å². The van der Waals surface area contributed by atoms with Gasteiger partial charge in [-0.3, -0.25) is 9.59 Å². The molecule has 0 radical (unpaired) electrons. The Labute approximate surface area is 162 Å². The van der Waals surface area contributed by atoms with Gasteiger partial charge in [-0.05, 0) is 93.9 Å². The highest BCUT2D eigenvalue weighted by molar-refractivity contribution is 5.96. The van der Waals surface area contributed by atoms with Gasteiger partial charge in [0.1, 0.15) is 0 Å². The fourth-order valence-corrected chi connectivity index (χ4v) is 5.57. The molecule has 4 rings (SSSR count). The molecule has 1 saturated heterocycles. The van der Waals surface area contributed by atoms with Crippen LogP contribution in [-0.4, -0.2) is 29.3 Å². The van der Waals surface area contributed by atoms with E-state index in [-0.39, 0.29) is 11.8 Å². The summed E-state index contributed by atoms with van der Waals surface area (Å²) >= 11 is 0. The number of aryl methyl sites for hydroxylation is 1. The van der Waals surface area contributed by atoms with Gasteiger partial charge >= 0.3 is 0 Å². The van der Waals surface area contributed by atoms with Crippen molar-refractivity contribution in [1.29, 1.82) is 0 Å². The van der Waals surface area contributed by atoms with E-state index in [0.29, 0.717) is 18.4 Å². The number of hydrogen-bond donors (Lipinski definition) is 1.